The van der Waals surface area contributed by atoms with Crippen LogP contribution in [0.2, 0.25) is 0 Å². The number of amides is 1. The fourth-order valence-electron chi connectivity index (χ4n) is 2.18. The lowest BCUT2D eigenvalue weighted by molar-refractivity contribution is 0.0791. The lowest BCUT2D eigenvalue weighted by Gasteiger charge is -2.16. The summed E-state index contributed by atoms with van der Waals surface area (Å²) in [4.78, 5) is 14.0. The Morgan fingerprint density at radius 3 is 2.65 bits per heavy atom. The van der Waals surface area contributed by atoms with Gasteiger partial charge in [-0.3, -0.25) is 4.79 Å². The van der Waals surface area contributed by atoms with Gasteiger partial charge >= 0.3 is 0 Å². The summed E-state index contributed by atoms with van der Waals surface area (Å²) in [7, 11) is 0. The second kappa shape index (κ2) is 8.12. The van der Waals surface area contributed by atoms with E-state index in [1.165, 1.54) is 0 Å². The molecule has 112 valence electrons. The predicted octanol–water partition coefficient (Wildman–Crippen LogP) is 2.46. The summed E-state index contributed by atoms with van der Waals surface area (Å²) in [5.41, 5.74) is 6.52. The molecule has 2 N–H and O–H groups in total. The fourth-order valence-corrected chi connectivity index (χ4v) is 2.18. The Bertz CT molecular complexity index is 422. The largest absolute Gasteiger partial charge is 0.494 e. The Kier molecular flexibility index (Phi) is 6.82. The van der Waals surface area contributed by atoms with Crippen LogP contribution in [0.1, 0.15) is 36.5 Å². The van der Waals surface area contributed by atoms with E-state index < -0.39 is 0 Å². The van der Waals surface area contributed by atoms with E-state index in [4.69, 9.17) is 10.5 Å². The quantitative estimate of drug-likeness (QED) is 0.850. The van der Waals surface area contributed by atoms with E-state index in [0.29, 0.717) is 12.1 Å². The van der Waals surface area contributed by atoms with Crippen molar-refractivity contribution in [2.24, 2.45) is 5.73 Å². The van der Waals surface area contributed by atoms with Crippen molar-refractivity contribution >= 4 is 18.3 Å². The zero-order valence-corrected chi connectivity index (χ0v) is 12.7. The van der Waals surface area contributed by atoms with Gasteiger partial charge in [0.1, 0.15) is 5.75 Å². The predicted molar refractivity (Wildman–Crippen MR) is 82.6 cm³/mol. The van der Waals surface area contributed by atoms with Crippen molar-refractivity contribution in [2.75, 3.05) is 19.7 Å². The summed E-state index contributed by atoms with van der Waals surface area (Å²) in [5.74, 6) is 0.885. The zero-order chi connectivity index (χ0) is 13.7. The Labute approximate surface area is 126 Å². The number of nitrogens with two attached hydrogens (primary N) is 1. The molecule has 1 saturated heterocycles. The number of halogens is 1. The Hall–Kier alpha value is -1.26. The van der Waals surface area contributed by atoms with Gasteiger partial charge in [-0.1, -0.05) is 13.3 Å². The van der Waals surface area contributed by atoms with Crippen molar-refractivity contribution in [1.82, 2.24) is 4.90 Å². The Morgan fingerprint density at radius 1 is 1.40 bits per heavy atom. The van der Waals surface area contributed by atoms with Crippen LogP contribution in [-0.4, -0.2) is 36.5 Å². The van der Waals surface area contributed by atoms with Crippen LogP contribution in [-0.2, 0) is 0 Å². The van der Waals surface area contributed by atoms with E-state index >= 15 is 0 Å². The highest BCUT2D eigenvalue weighted by Crippen LogP contribution is 2.16. The summed E-state index contributed by atoms with van der Waals surface area (Å²) in [6, 6.07) is 7.50. The first-order valence-corrected chi connectivity index (χ1v) is 6.98. The highest BCUT2D eigenvalue weighted by Gasteiger charge is 2.24. The molecule has 5 heteroatoms. The molecule has 0 radical (unpaired) electrons. The van der Waals surface area contributed by atoms with E-state index in [0.717, 1.165) is 38.2 Å². The maximum atomic E-state index is 12.2. The molecule has 1 aromatic carbocycles. The monoisotopic (exact) mass is 298 g/mol. The molecule has 1 atom stereocenters. The van der Waals surface area contributed by atoms with Crippen molar-refractivity contribution in [3.8, 4) is 5.75 Å². The molecule has 2 rings (SSSR count). The van der Waals surface area contributed by atoms with Crippen LogP contribution in [0.15, 0.2) is 24.3 Å². The lowest BCUT2D eigenvalue weighted by Crippen LogP contribution is -2.31. The van der Waals surface area contributed by atoms with Gasteiger partial charge in [-0.2, -0.15) is 0 Å². The summed E-state index contributed by atoms with van der Waals surface area (Å²) in [6.45, 7) is 4.28. The molecule has 0 aliphatic carbocycles. The first kappa shape index (κ1) is 16.8. The molecule has 1 fully saturated rings. The van der Waals surface area contributed by atoms with E-state index in [2.05, 4.69) is 6.92 Å². The number of carbonyl (C=O) groups excluding carboxylic acids is 1. The number of unbranched alkanes of at least 4 members (excludes halogenated alkanes) is 1. The SMILES string of the molecule is CCCCOc1ccc(C(=O)N2CCC(N)C2)cc1.Cl. The number of likely N-dealkylation sites (tertiary alicyclic amines) is 1. The number of hydrogen-bond acceptors (Lipinski definition) is 3. The van der Waals surface area contributed by atoms with Gasteiger partial charge in [0.15, 0.2) is 0 Å². The van der Waals surface area contributed by atoms with E-state index in [9.17, 15) is 4.79 Å². The summed E-state index contributed by atoms with van der Waals surface area (Å²) in [6.07, 6.45) is 3.06. The third kappa shape index (κ3) is 4.39. The minimum Gasteiger partial charge on any atom is -0.494 e. The zero-order valence-electron chi connectivity index (χ0n) is 11.9. The highest BCUT2D eigenvalue weighted by atomic mass is 35.5. The summed E-state index contributed by atoms with van der Waals surface area (Å²) < 4.78 is 5.58. The smallest absolute Gasteiger partial charge is 0.253 e. The number of ether oxygens (including phenoxy) is 1. The van der Waals surface area contributed by atoms with E-state index in [1.807, 2.05) is 29.2 Å². The van der Waals surface area contributed by atoms with Gasteiger partial charge in [-0.05, 0) is 37.1 Å². The Balaban J connectivity index is 0.00000200. The van der Waals surface area contributed by atoms with Gasteiger partial charge < -0.3 is 15.4 Å². The average molecular weight is 299 g/mol. The number of nitrogens with zero attached hydrogens (tertiary/aromatic N) is 1. The van der Waals surface area contributed by atoms with Gasteiger partial charge in [0, 0.05) is 24.7 Å². The van der Waals surface area contributed by atoms with E-state index in [1.54, 1.807) is 0 Å². The Morgan fingerprint density at radius 2 is 2.10 bits per heavy atom. The van der Waals surface area contributed by atoms with Gasteiger partial charge in [0.2, 0.25) is 0 Å². The molecule has 20 heavy (non-hydrogen) atoms. The second-order valence-electron chi connectivity index (χ2n) is 5.03. The third-order valence-corrected chi connectivity index (χ3v) is 3.38. The molecular formula is C15H23ClN2O2. The molecule has 0 saturated carbocycles. The molecule has 1 amide bonds. The molecule has 1 unspecified atom stereocenters. The molecule has 0 spiro atoms. The molecular weight excluding hydrogens is 276 g/mol. The van der Waals surface area contributed by atoms with Crippen LogP contribution in [0.3, 0.4) is 0 Å². The van der Waals surface area contributed by atoms with Crippen molar-refractivity contribution in [1.29, 1.82) is 0 Å². The number of carbonyl (C=O) groups is 1. The van der Waals surface area contributed by atoms with E-state index in [-0.39, 0.29) is 24.4 Å². The molecule has 0 bridgehead atoms. The maximum Gasteiger partial charge on any atom is 0.253 e. The van der Waals surface area contributed by atoms with Gasteiger partial charge in [0.25, 0.3) is 5.91 Å². The van der Waals surface area contributed by atoms with Crippen LogP contribution >= 0.6 is 12.4 Å². The molecule has 0 aromatic heterocycles. The average Bonchev–Trinajstić information content (AvgIpc) is 2.86. The van der Waals surface area contributed by atoms with Gasteiger partial charge in [0.05, 0.1) is 6.61 Å². The first-order valence-electron chi connectivity index (χ1n) is 6.98. The van der Waals surface area contributed by atoms with Crippen LogP contribution in [0.4, 0.5) is 0 Å². The molecule has 1 aliphatic heterocycles. The molecule has 4 nitrogen and oxygen atoms in total. The minimum atomic E-state index is 0. The van der Waals surface area contributed by atoms with Crippen molar-refractivity contribution in [3.63, 3.8) is 0 Å². The topological polar surface area (TPSA) is 55.6 Å². The van der Waals surface area contributed by atoms with Crippen molar-refractivity contribution < 1.29 is 9.53 Å². The van der Waals surface area contributed by atoms with Crippen LogP contribution in [0.25, 0.3) is 0 Å². The highest BCUT2D eigenvalue weighted by molar-refractivity contribution is 5.94. The van der Waals surface area contributed by atoms with Gasteiger partial charge in [-0.25, -0.2) is 0 Å². The van der Waals surface area contributed by atoms with Crippen LogP contribution in [0.5, 0.6) is 5.75 Å². The summed E-state index contributed by atoms with van der Waals surface area (Å²) >= 11 is 0. The maximum absolute atomic E-state index is 12.2. The number of rotatable bonds is 5. The molecule has 1 aromatic rings. The fraction of sp³-hybridized carbons (Fsp3) is 0.533. The molecule has 1 heterocycles. The number of hydrogen-bond donors (Lipinski definition) is 1. The van der Waals surface area contributed by atoms with Crippen molar-refractivity contribution in [3.05, 3.63) is 29.8 Å². The van der Waals surface area contributed by atoms with Crippen LogP contribution < -0.4 is 10.5 Å². The van der Waals surface area contributed by atoms with Crippen molar-refractivity contribution in [2.45, 2.75) is 32.2 Å². The number of benzene rings is 1. The van der Waals surface area contributed by atoms with Gasteiger partial charge in [-0.15, -0.1) is 12.4 Å². The first-order chi connectivity index (χ1) is 9.20. The molecule has 1 aliphatic rings. The van der Waals surface area contributed by atoms with Crippen LogP contribution in [0, 0.1) is 0 Å². The second-order valence-corrected chi connectivity index (χ2v) is 5.03. The lowest BCUT2D eigenvalue weighted by atomic mass is 10.2. The minimum absolute atomic E-state index is 0. The normalized spacial score (nSPS) is 17.7. The third-order valence-electron chi connectivity index (χ3n) is 3.38. The summed E-state index contributed by atoms with van der Waals surface area (Å²) in [5, 5.41) is 0. The standard InChI is InChI=1S/C15H22N2O2.ClH/c1-2-3-10-19-14-6-4-12(5-7-14)15(18)17-9-8-13(16)11-17;/h4-7,13H,2-3,8-11,16H2,1H3;1H.